The van der Waals surface area contributed by atoms with Gasteiger partial charge in [0, 0.05) is 25.6 Å². The van der Waals surface area contributed by atoms with Crippen molar-refractivity contribution in [1.29, 1.82) is 0 Å². The molecule has 2 saturated heterocycles. The van der Waals surface area contributed by atoms with Crippen molar-refractivity contribution in [3.8, 4) is 5.75 Å². The Morgan fingerprint density at radius 3 is 2.81 bits per heavy atom. The summed E-state index contributed by atoms with van der Waals surface area (Å²) in [5.74, 6) is -1.72. The first kappa shape index (κ1) is 26.9. The SMILES string of the molecule is C=CCOC(=O)N1c2cc(OCCCC(=O)OC)c(F)cc2C(=O)N2CCC[C@H]2C1OC1CCCCO1. The second kappa shape index (κ2) is 12.4. The van der Waals surface area contributed by atoms with Gasteiger partial charge in [-0.1, -0.05) is 12.7 Å². The summed E-state index contributed by atoms with van der Waals surface area (Å²) in [6.07, 6.45) is 3.42. The van der Waals surface area contributed by atoms with Crippen molar-refractivity contribution in [1.82, 2.24) is 4.90 Å². The van der Waals surface area contributed by atoms with Crippen molar-refractivity contribution in [2.75, 3.05) is 38.4 Å². The lowest BCUT2D eigenvalue weighted by molar-refractivity contribution is -0.195. The molecular formula is C26H33FN2O8. The first-order chi connectivity index (χ1) is 17.9. The molecule has 1 aromatic carbocycles. The van der Waals surface area contributed by atoms with Crippen LogP contribution in [0.25, 0.3) is 0 Å². The molecule has 37 heavy (non-hydrogen) atoms. The Balaban J connectivity index is 1.71. The number of ether oxygens (including phenoxy) is 5. The van der Waals surface area contributed by atoms with Gasteiger partial charge >= 0.3 is 12.1 Å². The van der Waals surface area contributed by atoms with E-state index in [0.29, 0.717) is 32.4 Å². The van der Waals surface area contributed by atoms with Crippen LogP contribution in [0.5, 0.6) is 5.75 Å². The van der Waals surface area contributed by atoms with Gasteiger partial charge in [0.1, 0.15) is 6.61 Å². The highest BCUT2D eigenvalue weighted by atomic mass is 19.1. The van der Waals surface area contributed by atoms with Gasteiger partial charge < -0.3 is 28.6 Å². The average molecular weight is 521 g/mol. The molecule has 11 heteroatoms. The van der Waals surface area contributed by atoms with E-state index in [2.05, 4.69) is 11.3 Å². The Labute approximate surface area is 215 Å². The summed E-state index contributed by atoms with van der Waals surface area (Å²) in [6.45, 7) is 4.56. The Morgan fingerprint density at radius 1 is 1.24 bits per heavy atom. The van der Waals surface area contributed by atoms with E-state index in [9.17, 15) is 14.4 Å². The molecule has 0 saturated carbocycles. The highest BCUT2D eigenvalue weighted by molar-refractivity contribution is 6.05. The molecule has 0 bridgehead atoms. The minimum Gasteiger partial charge on any atom is -0.490 e. The van der Waals surface area contributed by atoms with Crippen LogP contribution < -0.4 is 9.64 Å². The van der Waals surface area contributed by atoms with E-state index in [4.69, 9.17) is 18.9 Å². The van der Waals surface area contributed by atoms with E-state index in [1.807, 2.05) is 0 Å². The summed E-state index contributed by atoms with van der Waals surface area (Å²) < 4.78 is 42.8. The largest absolute Gasteiger partial charge is 0.490 e. The van der Waals surface area contributed by atoms with Crippen LogP contribution in [0.15, 0.2) is 24.8 Å². The molecule has 0 aliphatic carbocycles. The number of rotatable bonds is 9. The highest BCUT2D eigenvalue weighted by Gasteiger charge is 2.47. The van der Waals surface area contributed by atoms with Crippen LogP contribution >= 0.6 is 0 Å². The second-order valence-electron chi connectivity index (χ2n) is 9.09. The molecule has 1 aromatic rings. The lowest BCUT2D eigenvalue weighted by Gasteiger charge is -2.38. The third-order valence-corrected chi connectivity index (χ3v) is 6.64. The normalized spacial score (nSPS) is 23.1. The van der Waals surface area contributed by atoms with Gasteiger partial charge in [0.25, 0.3) is 5.91 Å². The monoisotopic (exact) mass is 520 g/mol. The van der Waals surface area contributed by atoms with E-state index in [0.717, 1.165) is 25.3 Å². The Bertz CT molecular complexity index is 1010. The quantitative estimate of drug-likeness (QED) is 0.275. The molecule has 3 heterocycles. The molecule has 3 aliphatic rings. The number of hydrogen-bond donors (Lipinski definition) is 0. The summed E-state index contributed by atoms with van der Waals surface area (Å²) >= 11 is 0. The maximum atomic E-state index is 15.1. The Kier molecular flexibility index (Phi) is 8.99. The number of methoxy groups -OCH3 is 1. The Hall–Kier alpha value is -3.18. The zero-order valence-corrected chi connectivity index (χ0v) is 21.0. The molecule has 4 rings (SSSR count). The molecule has 0 radical (unpaired) electrons. The van der Waals surface area contributed by atoms with Gasteiger partial charge in [-0.2, -0.15) is 0 Å². The molecular weight excluding hydrogens is 487 g/mol. The average Bonchev–Trinajstić information content (AvgIpc) is 3.37. The van der Waals surface area contributed by atoms with Crippen molar-refractivity contribution in [2.24, 2.45) is 0 Å². The van der Waals surface area contributed by atoms with Crippen LogP contribution in [0.4, 0.5) is 14.9 Å². The van der Waals surface area contributed by atoms with Crippen LogP contribution in [-0.2, 0) is 23.7 Å². The van der Waals surface area contributed by atoms with Gasteiger partial charge in [-0.3, -0.25) is 9.59 Å². The van der Waals surface area contributed by atoms with Crippen LogP contribution in [-0.4, -0.2) is 74.9 Å². The van der Waals surface area contributed by atoms with E-state index >= 15 is 4.39 Å². The summed E-state index contributed by atoms with van der Waals surface area (Å²) in [5.41, 5.74) is 0.135. The number of anilines is 1. The molecule has 0 N–H and O–H groups in total. The molecule has 0 spiro atoms. The lowest BCUT2D eigenvalue weighted by atomic mass is 10.1. The van der Waals surface area contributed by atoms with Gasteiger partial charge in [0.15, 0.2) is 24.1 Å². The van der Waals surface area contributed by atoms with Crippen molar-refractivity contribution in [3.05, 3.63) is 36.2 Å². The zero-order chi connectivity index (χ0) is 26.4. The minimum atomic E-state index is -0.911. The molecule has 3 aliphatic heterocycles. The maximum absolute atomic E-state index is 15.1. The summed E-state index contributed by atoms with van der Waals surface area (Å²) in [7, 11) is 1.29. The summed E-state index contributed by atoms with van der Waals surface area (Å²) in [4.78, 5) is 41.2. The van der Waals surface area contributed by atoms with Crippen LogP contribution in [0.1, 0.15) is 55.3 Å². The number of fused-ring (bicyclic) bond motifs is 2. The number of carbonyl (C=O) groups excluding carboxylic acids is 3. The number of carbonyl (C=O) groups is 3. The maximum Gasteiger partial charge on any atom is 0.416 e. The summed E-state index contributed by atoms with van der Waals surface area (Å²) in [6, 6.07) is 1.93. The topological polar surface area (TPSA) is 104 Å². The highest BCUT2D eigenvalue weighted by Crippen LogP contribution is 2.40. The molecule has 2 amide bonds. The minimum absolute atomic E-state index is 0.0116. The number of nitrogens with zero attached hydrogens (tertiary/aromatic N) is 2. The van der Waals surface area contributed by atoms with Gasteiger partial charge in [-0.05, 0) is 44.6 Å². The van der Waals surface area contributed by atoms with Crippen LogP contribution in [0.2, 0.25) is 0 Å². The second-order valence-corrected chi connectivity index (χ2v) is 9.09. The van der Waals surface area contributed by atoms with Gasteiger partial charge in [0.05, 0.1) is 31.0 Å². The fourth-order valence-electron chi connectivity index (χ4n) is 4.86. The number of esters is 1. The smallest absolute Gasteiger partial charge is 0.416 e. The molecule has 2 fully saturated rings. The van der Waals surface area contributed by atoms with Gasteiger partial charge in [-0.15, -0.1) is 0 Å². The summed E-state index contributed by atoms with van der Waals surface area (Å²) in [5, 5.41) is 0. The predicted molar refractivity (Wildman–Crippen MR) is 130 cm³/mol. The van der Waals surface area contributed by atoms with Crippen molar-refractivity contribution >= 4 is 23.7 Å². The molecule has 3 atom stereocenters. The van der Waals surface area contributed by atoms with Gasteiger partial charge in [0.2, 0.25) is 0 Å². The number of benzene rings is 1. The van der Waals surface area contributed by atoms with E-state index < -0.39 is 42.3 Å². The molecule has 0 aromatic heterocycles. The standard InChI is InChI=1S/C26H33FN2O8/c1-3-12-36-26(32)29-20-16-21(34-14-7-9-22(30)33-2)18(27)15-17(20)24(31)28-11-6-8-19(28)25(29)37-23-10-4-5-13-35-23/h3,15-16,19,23,25H,1,4-14H2,2H3/t19-,23?,25?/m0/s1. The zero-order valence-electron chi connectivity index (χ0n) is 21.0. The van der Waals surface area contributed by atoms with E-state index in [1.54, 1.807) is 4.90 Å². The van der Waals surface area contributed by atoms with Gasteiger partial charge in [-0.25, -0.2) is 14.1 Å². The first-order valence-electron chi connectivity index (χ1n) is 12.6. The van der Waals surface area contributed by atoms with Crippen LogP contribution in [0.3, 0.4) is 0 Å². The van der Waals surface area contributed by atoms with Crippen LogP contribution in [0, 0.1) is 5.82 Å². The lowest BCUT2D eigenvalue weighted by Crippen LogP contribution is -2.54. The van der Waals surface area contributed by atoms with E-state index in [-0.39, 0.29) is 36.6 Å². The van der Waals surface area contributed by atoms with Crippen molar-refractivity contribution in [3.63, 3.8) is 0 Å². The number of halogens is 1. The molecule has 2 unspecified atom stereocenters. The molecule has 202 valence electrons. The van der Waals surface area contributed by atoms with Crippen molar-refractivity contribution < 1.29 is 42.5 Å². The first-order valence-corrected chi connectivity index (χ1v) is 12.6. The molecule has 10 nitrogen and oxygen atoms in total. The van der Waals surface area contributed by atoms with E-state index in [1.165, 1.54) is 24.2 Å². The Morgan fingerprint density at radius 2 is 2.08 bits per heavy atom. The van der Waals surface area contributed by atoms with Crippen molar-refractivity contribution in [2.45, 2.75) is 63.5 Å². The number of hydrogen-bond acceptors (Lipinski definition) is 8. The fourth-order valence-corrected chi connectivity index (χ4v) is 4.86. The number of amides is 2. The predicted octanol–water partition coefficient (Wildman–Crippen LogP) is 3.77. The third kappa shape index (κ3) is 6.04. The third-order valence-electron chi connectivity index (χ3n) is 6.64. The fraction of sp³-hybridized carbons (Fsp3) is 0.577.